The van der Waals surface area contributed by atoms with Crippen LogP contribution < -0.4 is 10.1 Å². The lowest BCUT2D eigenvalue weighted by molar-refractivity contribution is -0.142. The van der Waals surface area contributed by atoms with Gasteiger partial charge in [0.25, 0.3) is 0 Å². The summed E-state index contributed by atoms with van der Waals surface area (Å²) in [6.07, 6.45) is 5.39. The molecule has 6 atom stereocenters. The third-order valence-electron chi connectivity index (χ3n) is 7.24. The van der Waals surface area contributed by atoms with Gasteiger partial charge in [0, 0.05) is 10.2 Å². The monoisotopic (exact) mass is 492 g/mol. The first-order chi connectivity index (χ1) is 15.5. The van der Waals surface area contributed by atoms with Gasteiger partial charge in [-0.05, 0) is 78.6 Å². The average Bonchev–Trinajstić information content (AvgIpc) is 3.58. The number of likely N-dealkylation sites (tertiary alicyclic amines) is 1. The molecule has 0 aromatic heterocycles. The molecule has 2 aromatic rings. The molecule has 7 heteroatoms. The van der Waals surface area contributed by atoms with E-state index in [1.54, 1.807) is 24.3 Å². The number of benzene rings is 2. The summed E-state index contributed by atoms with van der Waals surface area (Å²) < 4.78 is 6.75. The second-order valence-corrected chi connectivity index (χ2v) is 9.96. The van der Waals surface area contributed by atoms with Crippen molar-refractivity contribution in [1.29, 1.82) is 0 Å². The van der Waals surface area contributed by atoms with Gasteiger partial charge in [0.1, 0.15) is 18.0 Å². The van der Waals surface area contributed by atoms with Crippen molar-refractivity contribution >= 4 is 39.3 Å². The molecule has 7 rings (SSSR count). The van der Waals surface area contributed by atoms with E-state index in [1.807, 2.05) is 24.3 Å². The molecule has 162 valence electrons. The van der Waals surface area contributed by atoms with Crippen LogP contribution in [0.5, 0.6) is 11.5 Å². The van der Waals surface area contributed by atoms with Crippen LogP contribution in [0.15, 0.2) is 65.2 Å². The third kappa shape index (κ3) is 3.18. The Morgan fingerprint density at radius 1 is 0.906 bits per heavy atom. The van der Waals surface area contributed by atoms with Crippen molar-refractivity contribution in [1.82, 2.24) is 4.90 Å². The number of ether oxygens (including phenoxy) is 1. The summed E-state index contributed by atoms with van der Waals surface area (Å²) in [6, 6.07) is 14.5. The molecule has 1 aliphatic heterocycles. The minimum Gasteiger partial charge on any atom is -0.457 e. The quantitative estimate of drug-likeness (QED) is 0.500. The number of halogens is 1. The fourth-order valence-corrected chi connectivity index (χ4v) is 6.03. The van der Waals surface area contributed by atoms with Crippen LogP contribution >= 0.6 is 15.9 Å². The van der Waals surface area contributed by atoms with Crippen molar-refractivity contribution in [2.45, 2.75) is 6.42 Å². The van der Waals surface area contributed by atoms with E-state index < -0.39 is 0 Å². The lowest BCUT2D eigenvalue weighted by Crippen LogP contribution is -2.40. The molecule has 2 bridgehead atoms. The summed E-state index contributed by atoms with van der Waals surface area (Å²) in [5, 5.41) is 2.78. The molecule has 6 nitrogen and oxygen atoms in total. The van der Waals surface area contributed by atoms with Crippen molar-refractivity contribution in [3.05, 3.63) is 65.2 Å². The molecular weight excluding hydrogens is 472 g/mol. The lowest BCUT2D eigenvalue weighted by Gasteiger charge is -2.37. The van der Waals surface area contributed by atoms with Gasteiger partial charge in [-0.15, -0.1) is 0 Å². The first kappa shape index (κ1) is 19.7. The summed E-state index contributed by atoms with van der Waals surface area (Å²) in [7, 11) is 0. The predicted molar refractivity (Wildman–Crippen MR) is 121 cm³/mol. The van der Waals surface area contributed by atoms with Crippen molar-refractivity contribution in [2.24, 2.45) is 35.5 Å². The van der Waals surface area contributed by atoms with Gasteiger partial charge in [0.15, 0.2) is 0 Å². The fraction of sp³-hybridized carbons (Fsp3) is 0.320. The van der Waals surface area contributed by atoms with Gasteiger partial charge in [-0.2, -0.15) is 0 Å². The highest BCUT2D eigenvalue weighted by Crippen LogP contribution is 2.65. The van der Waals surface area contributed by atoms with E-state index in [1.165, 1.54) is 4.90 Å². The molecule has 3 amide bonds. The molecule has 0 radical (unpaired) electrons. The number of allylic oxidation sites excluding steroid dienone is 2. The predicted octanol–water partition coefficient (Wildman–Crippen LogP) is 4.23. The summed E-state index contributed by atoms with van der Waals surface area (Å²) in [6.45, 7) is -0.239. The highest BCUT2D eigenvalue weighted by Gasteiger charge is 2.67. The topological polar surface area (TPSA) is 75.7 Å². The summed E-state index contributed by atoms with van der Waals surface area (Å²) in [4.78, 5) is 39.8. The molecule has 3 fully saturated rings. The van der Waals surface area contributed by atoms with Gasteiger partial charge < -0.3 is 10.1 Å². The number of hydrogen-bond donors (Lipinski definition) is 1. The van der Waals surface area contributed by atoms with E-state index in [2.05, 4.69) is 33.4 Å². The van der Waals surface area contributed by atoms with E-state index >= 15 is 0 Å². The number of imide groups is 1. The normalized spacial score (nSPS) is 31.3. The van der Waals surface area contributed by atoms with E-state index in [0.29, 0.717) is 29.0 Å². The van der Waals surface area contributed by atoms with Crippen LogP contribution in [0.3, 0.4) is 0 Å². The largest absolute Gasteiger partial charge is 0.457 e. The number of amides is 3. The van der Waals surface area contributed by atoms with Gasteiger partial charge in [-0.3, -0.25) is 19.3 Å². The van der Waals surface area contributed by atoms with Crippen molar-refractivity contribution in [3.8, 4) is 11.5 Å². The van der Waals surface area contributed by atoms with Crippen LogP contribution in [-0.2, 0) is 14.4 Å². The van der Waals surface area contributed by atoms with Crippen LogP contribution in [0.1, 0.15) is 6.42 Å². The zero-order valence-electron chi connectivity index (χ0n) is 17.1. The Labute approximate surface area is 193 Å². The maximum atomic E-state index is 13.0. The third-order valence-corrected chi connectivity index (χ3v) is 7.77. The number of nitrogens with zero attached hydrogens (tertiary/aromatic N) is 1. The SMILES string of the molecule is O=C(CN1C(=O)[C@@H]2[C@H]3C=C[C@@H]([C@@H]4C[C@@H]34)[C@@H]2C1=O)Nc1ccc(Oc2ccc(Br)cc2)cc1. The molecular formula is C25H21BrN2O4. The second-order valence-electron chi connectivity index (χ2n) is 9.05. The standard InChI is InChI=1S/C25H21BrN2O4/c26-13-1-5-15(6-2-13)32-16-7-3-14(4-8-16)27-21(29)12-28-24(30)22-17-9-10-18(20-11-19(17)20)23(22)25(28)31/h1-10,17-20,22-23H,11-12H2,(H,27,29)/t17-,18-,19-,20-,22-,23+/m0/s1. The zero-order valence-corrected chi connectivity index (χ0v) is 18.7. The molecule has 1 heterocycles. The van der Waals surface area contributed by atoms with E-state index in [9.17, 15) is 14.4 Å². The maximum absolute atomic E-state index is 13.0. The van der Waals surface area contributed by atoms with Crippen LogP contribution in [0.2, 0.25) is 0 Å². The Morgan fingerprint density at radius 3 is 2.00 bits per heavy atom. The Balaban J connectivity index is 1.09. The minimum absolute atomic E-state index is 0.165. The van der Waals surface area contributed by atoms with Gasteiger partial charge in [-0.25, -0.2) is 0 Å². The van der Waals surface area contributed by atoms with Gasteiger partial charge in [0.2, 0.25) is 17.7 Å². The van der Waals surface area contributed by atoms with E-state index in [-0.39, 0.29) is 47.9 Å². The minimum atomic E-state index is -0.377. The number of nitrogens with one attached hydrogen (secondary N) is 1. The maximum Gasteiger partial charge on any atom is 0.244 e. The summed E-state index contributed by atoms with van der Waals surface area (Å²) in [5.41, 5.74) is 0.581. The van der Waals surface area contributed by atoms with Crippen LogP contribution in [0, 0.1) is 35.5 Å². The molecule has 2 aromatic carbocycles. The smallest absolute Gasteiger partial charge is 0.244 e. The highest BCUT2D eigenvalue weighted by molar-refractivity contribution is 9.10. The van der Waals surface area contributed by atoms with E-state index in [4.69, 9.17) is 4.74 Å². The van der Waals surface area contributed by atoms with Crippen molar-refractivity contribution in [2.75, 3.05) is 11.9 Å². The number of carbonyl (C=O) groups excluding carboxylic acids is 3. The van der Waals surface area contributed by atoms with E-state index in [0.717, 1.165) is 10.9 Å². The van der Waals surface area contributed by atoms with Gasteiger partial charge in [0.05, 0.1) is 11.8 Å². The summed E-state index contributed by atoms with van der Waals surface area (Å²) >= 11 is 3.39. The molecule has 0 spiro atoms. The Kier molecular flexibility index (Phi) is 4.50. The van der Waals surface area contributed by atoms with Crippen molar-refractivity contribution < 1.29 is 19.1 Å². The molecule has 2 saturated carbocycles. The zero-order chi connectivity index (χ0) is 22.0. The number of hydrogen-bond acceptors (Lipinski definition) is 4. The van der Waals surface area contributed by atoms with Crippen LogP contribution in [0.25, 0.3) is 0 Å². The molecule has 5 aliphatic rings. The highest BCUT2D eigenvalue weighted by atomic mass is 79.9. The number of carbonyl (C=O) groups is 3. The summed E-state index contributed by atoms with van der Waals surface area (Å²) in [5.74, 6) is 1.49. The lowest BCUT2D eigenvalue weighted by atomic mass is 9.63. The molecule has 1 saturated heterocycles. The average molecular weight is 493 g/mol. The van der Waals surface area contributed by atoms with Gasteiger partial charge in [-0.1, -0.05) is 28.1 Å². The first-order valence-electron chi connectivity index (χ1n) is 10.9. The van der Waals surface area contributed by atoms with Gasteiger partial charge >= 0.3 is 0 Å². The van der Waals surface area contributed by atoms with Crippen LogP contribution in [-0.4, -0.2) is 29.2 Å². The first-order valence-corrected chi connectivity index (χ1v) is 11.7. The molecule has 4 aliphatic carbocycles. The Morgan fingerprint density at radius 2 is 1.44 bits per heavy atom. The number of rotatable bonds is 5. The molecule has 0 unspecified atom stereocenters. The molecule has 32 heavy (non-hydrogen) atoms. The van der Waals surface area contributed by atoms with Crippen molar-refractivity contribution in [3.63, 3.8) is 0 Å². The number of anilines is 1. The Bertz CT molecular complexity index is 1110. The second kappa shape index (κ2) is 7.30. The molecule has 1 N–H and O–H groups in total. The Hall–Kier alpha value is -2.93. The fourth-order valence-electron chi connectivity index (χ4n) is 5.76. The van der Waals surface area contributed by atoms with Crippen LogP contribution in [0.4, 0.5) is 5.69 Å².